The van der Waals surface area contributed by atoms with Crippen LogP contribution in [0.3, 0.4) is 0 Å². The molecule has 0 saturated heterocycles. The van der Waals surface area contributed by atoms with Gasteiger partial charge in [0, 0.05) is 11.1 Å². The van der Waals surface area contributed by atoms with E-state index in [-0.39, 0.29) is 17.2 Å². The fraction of sp³-hybridized carbons (Fsp3) is 0.312. The predicted molar refractivity (Wildman–Crippen MR) is 99.4 cm³/mol. The van der Waals surface area contributed by atoms with Crippen LogP contribution in [0.5, 0.6) is 0 Å². The number of nitrogens with zero attached hydrogens (tertiary/aromatic N) is 4. The maximum atomic E-state index is 12.5. The zero-order valence-corrected chi connectivity index (χ0v) is 15.6. The second-order valence-electron chi connectivity index (χ2n) is 6.37. The molecule has 0 bridgehead atoms. The van der Waals surface area contributed by atoms with E-state index >= 15 is 0 Å². The third-order valence-electron chi connectivity index (χ3n) is 3.27. The summed E-state index contributed by atoms with van der Waals surface area (Å²) in [6, 6.07) is 9.24. The monoisotopic (exact) mass is 375 g/mol. The highest BCUT2D eigenvalue weighted by Gasteiger charge is 2.23. The number of anilines is 1. The zero-order valence-electron chi connectivity index (χ0n) is 14.0. The van der Waals surface area contributed by atoms with Crippen molar-refractivity contribution in [1.82, 2.24) is 19.8 Å². The van der Waals surface area contributed by atoms with Gasteiger partial charge in [-0.25, -0.2) is 0 Å². The topological polar surface area (TPSA) is 89.2 Å². The van der Waals surface area contributed by atoms with Gasteiger partial charge in [-0.15, -0.1) is 15.3 Å². The van der Waals surface area contributed by atoms with Gasteiger partial charge in [0.25, 0.3) is 5.56 Å². The van der Waals surface area contributed by atoms with Crippen LogP contribution >= 0.6 is 23.1 Å². The van der Waals surface area contributed by atoms with Crippen molar-refractivity contribution >= 4 is 39.7 Å². The van der Waals surface area contributed by atoms with Gasteiger partial charge in [0.15, 0.2) is 4.34 Å². The van der Waals surface area contributed by atoms with Gasteiger partial charge in [0.2, 0.25) is 10.9 Å². The molecular weight excluding hydrogens is 358 g/mol. The number of carbonyl (C=O) groups excluding carboxylic acids is 1. The van der Waals surface area contributed by atoms with Crippen LogP contribution in [0.2, 0.25) is 0 Å². The Labute approximate surface area is 152 Å². The van der Waals surface area contributed by atoms with Crippen molar-refractivity contribution < 1.29 is 4.79 Å². The second-order valence-corrected chi connectivity index (χ2v) is 8.55. The third-order valence-corrected chi connectivity index (χ3v) is 5.30. The Morgan fingerprint density at radius 1 is 1.24 bits per heavy atom. The first-order valence-corrected chi connectivity index (χ1v) is 9.39. The Kier molecular flexibility index (Phi) is 4.87. The molecule has 0 saturated carbocycles. The first-order valence-electron chi connectivity index (χ1n) is 7.59. The van der Waals surface area contributed by atoms with Crippen LogP contribution in [0.1, 0.15) is 26.5 Å². The first kappa shape index (κ1) is 17.6. The SMILES string of the molecule is CC(C)(C)c1nnc2sc(SCC(=O)Nc3ccccc3)nn2c1=O. The minimum Gasteiger partial charge on any atom is -0.325 e. The highest BCUT2D eigenvalue weighted by Crippen LogP contribution is 2.24. The molecule has 1 amide bonds. The molecule has 0 fully saturated rings. The van der Waals surface area contributed by atoms with Gasteiger partial charge in [-0.1, -0.05) is 62.1 Å². The molecule has 0 aliphatic carbocycles. The standard InChI is InChI=1S/C16H17N5O2S2/c1-16(2,3)12-13(23)21-14(19-18-12)25-15(20-21)24-9-11(22)17-10-7-5-4-6-8-10/h4-8H,9H2,1-3H3,(H,17,22). The molecule has 2 heterocycles. The molecule has 2 aromatic heterocycles. The maximum Gasteiger partial charge on any atom is 0.297 e. The normalized spacial score (nSPS) is 11.6. The fourth-order valence-electron chi connectivity index (χ4n) is 2.07. The molecule has 3 rings (SSSR count). The number of hydrogen-bond donors (Lipinski definition) is 1. The molecule has 9 heteroatoms. The second kappa shape index (κ2) is 6.93. The smallest absolute Gasteiger partial charge is 0.297 e. The van der Waals surface area contributed by atoms with Gasteiger partial charge < -0.3 is 5.32 Å². The molecule has 0 unspecified atom stereocenters. The molecule has 1 aromatic carbocycles. The summed E-state index contributed by atoms with van der Waals surface area (Å²) in [4.78, 5) is 24.9. The minimum absolute atomic E-state index is 0.135. The van der Waals surface area contributed by atoms with Crippen molar-refractivity contribution in [2.24, 2.45) is 0 Å². The summed E-state index contributed by atoms with van der Waals surface area (Å²) in [5.41, 5.74) is 0.440. The van der Waals surface area contributed by atoms with Crippen molar-refractivity contribution in [2.75, 3.05) is 11.1 Å². The van der Waals surface area contributed by atoms with E-state index in [1.807, 2.05) is 51.1 Å². The van der Waals surface area contributed by atoms with E-state index in [0.29, 0.717) is 15.0 Å². The summed E-state index contributed by atoms with van der Waals surface area (Å²) in [6.07, 6.45) is 0. The number of hydrogen-bond acceptors (Lipinski definition) is 7. The van der Waals surface area contributed by atoms with Crippen LogP contribution in [0, 0.1) is 0 Å². The molecule has 0 aliphatic rings. The Morgan fingerprint density at radius 2 is 1.96 bits per heavy atom. The summed E-state index contributed by atoms with van der Waals surface area (Å²) in [7, 11) is 0. The average molecular weight is 375 g/mol. The number of thioether (sulfide) groups is 1. The van der Waals surface area contributed by atoms with Crippen LogP contribution in [-0.4, -0.2) is 31.5 Å². The number of fused-ring (bicyclic) bond motifs is 1. The number of carbonyl (C=O) groups is 1. The lowest BCUT2D eigenvalue weighted by atomic mass is 9.93. The number of benzene rings is 1. The number of amides is 1. The average Bonchev–Trinajstić information content (AvgIpc) is 2.97. The van der Waals surface area contributed by atoms with E-state index in [9.17, 15) is 9.59 Å². The van der Waals surface area contributed by atoms with Crippen molar-refractivity contribution in [3.8, 4) is 0 Å². The van der Waals surface area contributed by atoms with Gasteiger partial charge in [0.05, 0.1) is 5.75 Å². The van der Waals surface area contributed by atoms with Crippen LogP contribution in [0.25, 0.3) is 4.96 Å². The van der Waals surface area contributed by atoms with Gasteiger partial charge >= 0.3 is 0 Å². The summed E-state index contributed by atoms with van der Waals surface area (Å²) in [6.45, 7) is 5.71. The van der Waals surface area contributed by atoms with Crippen LogP contribution in [0.4, 0.5) is 5.69 Å². The molecule has 7 nitrogen and oxygen atoms in total. The lowest BCUT2D eigenvalue weighted by molar-refractivity contribution is -0.113. The fourth-order valence-corrected chi connectivity index (χ4v) is 3.74. The Balaban J connectivity index is 1.73. The number of aromatic nitrogens is 4. The van der Waals surface area contributed by atoms with Crippen LogP contribution in [-0.2, 0) is 10.2 Å². The molecular formula is C16H17N5O2S2. The lowest BCUT2D eigenvalue weighted by Gasteiger charge is -2.14. The highest BCUT2D eigenvalue weighted by atomic mass is 32.2. The first-order chi connectivity index (χ1) is 11.8. The molecule has 0 aliphatic heterocycles. The number of nitrogens with one attached hydrogen (secondary N) is 1. The quantitative estimate of drug-likeness (QED) is 0.705. The number of para-hydroxylation sites is 1. The summed E-state index contributed by atoms with van der Waals surface area (Å²) in [5, 5.41) is 15.2. The van der Waals surface area contributed by atoms with Crippen molar-refractivity contribution in [1.29, 1.82) is 0 Å². The van der Waals surface area contributed by atoms with Crippen LogP contribution in [0.15, 0.2) is 39.5 Å². The summed E-state index contributed by atoms with van der Waals surface area (Å²) in [5.74, 6) is 0.0625. The Morgan fingerprint density at radius 3 is 2.64 bits per heavy atom. The molecule has 0 spiro atoms. The van der Waals surface area contributed by atoms with Crippen LogP contribution < -0.4 is 10.9 Å². The van der Waals surface area contributed by atoms with Gasteiger partial charge in [0.1, 0.15) is 5.69 Å². The predicted octanol–water partition coefficient (Wildman–Crippen LogP) is 2.57. The molecule has 3 aromatic rings. The van der Waals surface area contributed by atoms with E-state index < -0.39 is 5.41 Å². The molecule has 1 N–H and O–H groups in total. The molecule has 0 atom stereocenters. The van der Waals surface area contributed by atoms with Gasteiger partial charge in [-0.3, -0.25) is 9.59 Å². The molecule has 25 heavy (non-hydrogen) atoms. The molecule has 130 valence electrons. The summed E-state index contributed by atoms with van der Waals surface area (Å²) >= 11 is 2.50. The largest absolute Gasteiger partial charge is 0.325 e. The van der Waals surface area contributed by atoms with Crippen molar-refractivity contribution in [2.45, 2.75) is 30.5 Å². The zero-order chi connectivity index (χ0) is 18.0. The summed E-state index contributed by atoms with van der Waals surface area (Å²) < 4.78 is 1.86. The van der Waals surface area contributed by atoms with E-state index in [4.69, 9.17) is 0 Å². The Hall–Kier alpha value is -2.26. The third kappa shape index (κ3) is 4.05. The van der Waals surface area contributed by atoms with Crippen molar-refractivity contribution in [3.63, 3.8) is 0 Å². The van der Waals surface area contributed by atoms with E-state index in [2.05, 4.69) is 20.6 Å². The molecule has 0 radical (unpaired) electrons. The van der Waals surface area contributed by atoms with Gasteiger partial charge in [-0.2, -0.15) is 4.52 Å². The maximum absolute atomic E-state index is 12.5. The number of rotatable bonds is 4. The van der Waals surface area contributed by atoms with Gasteiger partial charge in [-0.05, 0) is 12.1 Å². The Bertz CT molecular complexity index is 960. The van der Waals surface area contributed by atoms with E-state index in [1.54, 1.807) is 0 Å². The van der Waals surface area contributed by atoms with Crippen molar-refractivity contribution in [3.05, 3.63) is 46.4 Å². The van der Waals surface area contributed by atoms with E-state index in [1.165, 1.54) is 27.6 Å². The van der Waals surface area contributed by atoms with E-state index in [0.717, 1.165) is 5.69 Å². The lowest BCUT2D eigenvalue weighted by Crippen LogP contribution is -2.30. The highest BCUT2D eigenvalue weighted by molar-refractivity contribution is 8.01. The minimum atomic E-state index is -0.405.